The fourth-order valence-corrected chi connectivity index (χ4v) is 5.67. The molecule has 2 heterocycles. The van der Waals surface area contributed by atoms with Crippen LogP contribution >= 0.6 is 15.9 Å². The van der Waals surface area contributed by atoms with E-state index in [0.717, 1.165) is 21.9 Å². The molecule has 2 aliphatic heterocycles. The molecule has 0 radical (unpaired) electrons. The Bertz CT molecular complexity index is 1490. The lowest BCUT2D eigenvalue weighted by atomic mass is 9.65. The third-order valence-corrected chi connectivity index (χ3v) is 7.20. The molecule has 2 aliphatic rings. The average Bonchev–Trinajstić information content (AvgIpc) is 3.28. The van der Waals surface area contributed by atoms with Crippen LogP contribution in [0.25, 0.3) is 0 Å². The van der Waals surface area contributed by atoms with Crippen molar-refractivity contribution < 1.29 is 28.3 Å². The van der Waals surface area contributed by atoms with Gasteiger partial charge in [0.05, 0.1) is 17.3 Å². The van der Waals surface area contributed by atoms with Gasteiger partial charge in [-0.05, 0) is 62.7 Å². The minimum absolute atomic E-state index is 0.107. The standard InChI is InChI=1S/C29H24BrFN2O5/c1-28(2,3)38-27(37)33-23-13-12-19(31)15-21(23)29(26(33)36,17-8-5-4-6-9-17)22-16-24(34)32(25(22)35)20-11-7-10-18(30)14-20/h4-15,22H,16H2,1-3H3/t22-,29?/m1/s1. The maximum Gasteiger partial charge on any atom is 0.421 e. The molecule has 3 aromatic rings. The Kier molecular flexibility index (Phi) is 6.22. The topological polar surface area (TPSA) is 84.0 Å². The van der Waals surface area contributed by atoms with Gasteiger partial charge in [-0.2, -0.15) is 0 Å². The summed E-state index contributed by atoms with van der Waals surface area (Å²) in [5.41, 5.74) is -1.83. The van der Waals surface area contributed by atoms with Crippen molar-refractivity contribution >= 4 is 51.1 Å². The van der Waals surface area contributed by atoms with Gasteiger partial charge >= 0.3 is 6.09 Å². The van der Waals surface area contributed by atoms with Crippen LogP contribution in [0, 0.1) is 11.7 Å². The van der Waals surface area contributed by atoms with E-state index >= 15 is 0 Å². The Balaban J connectivity index is 1.74. The molecule has 1 fully saturated rings. The first-order chi connectivity index (χ1) is 17.9. The number of fused-ring (bicyclic) bond motifs is 1. The smallest absolute Gasteiger partial charge is 0.421 e. The molecule has 38 heavy (non-hydrogen) atoms. The van der Waals surface area contributed by atoms with Gasteiger partial charge < -0.3 is 4.74 Å². The molecule has 5 rings (SSSR count). The third kappa shape index (κ3) is 4.01. The minimum Gasteiger partial charge on any atom is -0.443 e. The first kappa shape index (κ1) is 25.8. The van der Waals surface area contributed by atoms with Crippen molar-refractivity contribution in [3.8, 4) is 0 Å². The van der Waals surface area contributed by atoms with Crippen molar-refractivity contribution in [3.63, 3.8) is 0 Å². The lowest BCUT2D eigenvalue weighted by Gasteiger charge is -2.33. The Morgan fingerprint density at radius 1 is 1.00 bits per heavy atom. The molecular weight excluding hydrogens is 555 g/mol. The minimum atomic E-state index is -1.84. The van der Waals surface area contributed by atoms with Crippen LogP contribution in [0.1, 0.15) is 38.3 Å². The van der Waals surface area contributed by atoms with Gasteiger partial charge in [-0.1, -0.05) is 52.3 Å². The highest BCUT2D eigenvalue weighted by atomic mass is 79.9. The molecule has 3 aromatic carbocycles. The summed E-state index contributed by atoms with van der Waals surface area (Å²) in [6.45, 7) is 4.99. The van der Waals surface area contributed by atoms with Crippen molar-refractivity contribution in [1.82, 2.24) is 0 Å². The molecule has 1 unspecified atom stereocenters. The van der Waals surface area contributed by atoms with E-state index in [2.05, 4.69) is 15.9 Å². The van der Waals surface area contributed by atoms with Gasteiger partial charge in [-0.3, -0.25) is 19.3 Å². The highest BCUT2D eigenvalue weighted by molar-refractivity contribution is 9.10. The summed E-state index contributed by atoms with van der Waals surface area (Å²) in [4.78, 5) is 57.1. The van der Waals surface area contributed by atoms with E-state index in [-0.39, 0.29) is 17.7 Å². The van der Waals surface area contributed by atoms with E-state index in [1.54, 1.807) is 75.4 Å². The SMILES string of the molecule is CC(C)(C)OC(=O)N1C(=O)C(c2ccccc2)([C@@H]2CC(=O)N(c3cccc(Br)c3)C2=O)c2cc(F)ccc21. The summed E-state index contributed by atoms with van der Waals surface area (Å²) < 4.78 is 21.0. The first-order valence-electron chi connectivity index (χ1n) is 12.0. The fourth-order valence-electron chi connectivity index (χ4n) is 5.28. The van der Waals surface area contributed by atoms with Gasteiger partial charge in [0.2, 0.25) is 11.8 Å². The number of hydrogen-bond donors (Lipinski definition) is 0. The largest absolute Gasteiger partial charge is 0.443 e. The Labute approximate surface area is 227 Å². The average molecular weight is 579 g/mol. The molecule has 9 heteroatoms. The van der Waals surface area contributed by atoms with E-state index in [0.29, 0.717) is 15.7 Å². The van der Waals surface area contributed by atoms with Gasteiger partial charge in [-0.25, -0.2) is 14.1 Å². The van der Waals surface area contributed by atoms with Crippen LogP contribution in [0.5, 0.6) is 0 Å². The van der Waals surface area contributed by atoms with Crippen LogP contribution in [-0.4, -0.2) is 29.4 Å². The van der Waals surface area contributed by atoms with Crippen LogP contribution in [-0.2, 0) is 24.5 Å². The number of amides is 4. The van der Waals surface area contributed by atoms with Crippen molar-refractivity contribution in [2.75, 3.05) is 9.80 Å². The predicted octanol–water partition coefficient (Wildman–Crippen LogP) is 5.74. The van der Waals surface area contributed by atoms with Crippen molar-refractivity contribution in [3.05, 3.63) is 94.2 Å². The summed E-state index contributed by atoms with van der Waals surface area (Å²) >= 11 is 3.36. The van der Waals surface area contributed by atoms with Crippen molar-refractivity contribution in [1.29, 1.82) is 0 Å². The first-order valence-corrected chi connectivity index (χ1v) is 12.8. The summed E-state index contributed by atoms with van der Waals surface area (Å²) in [7, 11) is 0. The maximum absolute atomic E-state index is 14.8. The second-order valence-corrected chi connectivity index (χ2v) is 11.2. The van der Waals surface area contributed by atoms with Crippen LogP contribution in [0.4, 0.5) is 20.6 Å². The summed E-state index contributed by atoms with van der Waals surface area (Å²) in [6, 6.07) is 18.7. The van der Waals surface area contributed by atoms with E-state index in [9.17, 15) is 23.6 Å². The number of benzene rings is 3. The van der Waals surface area contributed by atoms with Gasteiger partial charge in [-0.15, -0.1) is 0 Å². The monoisotopic (exact) mass is 578 g/mol. The lowest BCUT2D eigenvalue weighted by molar-refractivity contribution is -0.130. The number of ether oxygens (including phenoxy) is 1. The number of carbonyl (C=O) groups excluding carboxylic acids is 4. The molecule has 194 valence electrons. The molecule has 0 aromatic heterocycles. The zero-order chi connectivity index (χ0) is 27.4. The molecule has 0 spiro atoms. The van der Waals surface area contributed by atoms with E-state index in [1.165, 1.54) is 6.07 Å². The van der Waals surface area contributed by atoms with Gasteiger partial charge in [0.1, 0.15) is 16.8 Å². The summed E-state index contributed by atoms with van der Waals surface area (Å²) in [5.74, 6) is -3.79. The molecule has 0 aliphatic carbocycles. The molecular formula is C29H24BrFN2O5. The third-order valence-electron chi connectivity index (χ3n) is 6.71. The molecule has 0 saturated carbocycles. The fraction of sp³-hybridized carbons (Fsp3) is 0.241. The molecule has 0 bridgehead atoms. The Morgan fingerprint density at radius 3 is 2.37 bits per heavy atom. The number of hydrogen-bond acceptors (Lipinski definition) is 5. The van der Waals surface area contributed by atoms with Crippen LogP contribution in [0.15, 0.2) is 77.3 Å². The second kappa shape index (κ2) is 9.16. The van der Waals surface area contributed by atoms with E-state index in [1.807, 2.05) is 0 Å². The normalized spacial score (nSPS) is 21.2. The molecule has 2 atom stereocenters. The highest BCUT2D eigenvalue weighted by Gasteiger charge is 2.64. The molecule has 4 amide bonds. The Morgan fingerprint density at radius 2 is 1.71 bits per heavy atom. The van der Waals surface area contributed by atoms with E-state index < -0.39 is 46.6 Å². The van der Waals surface area contributed by atoms with E-state index in [4.69, 9.17) is 4.74 Å². The van der Waals surface area contributed by atoms with Crippen LogP contribution < -0.4 is 9.80 Å². The maximum atomic E-state index is 14.8. The predicted molar refractivity (Wildman–Crippen MR) is 142 cm³/mol. The van der Waals surface area contributed by atoms with Gasteiger partial charge in [0.25, 0.3) is 5.91 Å². The quantitative estimate of drug-likeness (QED) is 0.370. The second-order valence-electron chi connectivity index (χ2n) is 10.3. The van der Waals surface area contributed by atoms with Gasteiger partial charge in [0.15, 0.2) is 0 Å². The summed E-state index contributed by atoms with van der Waals surface area (Å²) in [6.07, 6.45) is -1.27. The number of anilines is 2. The lowest BCUT2D eigenvalue weighted by Crippen LogP contribution is -2.51. The number of carbonyl (C=O) groups is 4. The van der Waals surface area contributed by atoms with Crippen LogP contribution in [0.2, 0.25) is 0 Å². The number of imide groups is 2. The zero-order valence-electron chi connectivity index (χ0n) is 20.9. The molecule has 7 nitrogen and oxygen atoms in total. The molecule has 0 N–H and O–H groups in total. The number of halogens is 2. The van der Waals surface area contributed by atoms with Crippen LogP contribution in [0.3, 0.4) is 0 Å². The highest BCUT2D eigenvalue weighted by Crippen LogP contribution is 2.54. The number of rotatable bonds is 3. The zero-order valence-corrected chi connectivity index (χ0v) is 22.5. The molecule has 1 saturated heterocycles. The van der Waals surface area contributed by atoms with Gasteiger partial charge in [0, 0.05) is 16.5 Å². The summed E-state index contributed by atoms with van der Waals surface area (Å²) in [5, 5.41) is 0. The van der Waals surface area contributed by atoms with Crippen molar-refractivity contribution in [2.45, 2.75) is 38.2 Å². The van der Waals surface area contributed by atoms with Crippen molar-refractivity contribution in [2.24, 2.45) is 5.92 Å². The Hall–Kier alpha value is -3.85. The number of nitrogens with zero attached hydrogens (tertiary/aromatic N) is 2.